The Morgan fingerprint density at radius 2 is 1.86 bits per heavy atom. The topological polar surface area (TPSA) is 94.9 Å². The Labute approximate surface area is 204 Å². The Balaban J connectivity index is 1.75. The fourth-order valence-electron chi connectivity index (χ4n) is 4.36. The molecule has 0 unspecified atom stereocenters. The Bertz CT molecular complexity index is 1280. The third-order valence-electron chi connectivity index (χ3n) is 6.31. The lowest BCUT2D eigenvalue weighted by Gasteiger charge is -2.27. The van der Waals surface area contributed by atoms with Crippen molar-refractivity contribution in [2.75, 3.05) is 45.8 Å². The van der Waals surface area contributed by atoms with Gasteiger partial charge in [-0.15, -0.1) is 0 Å². The molecule has 2 heterocycles. The van der Waals surface area contributed by atoms with Crippen molar-refractivity contribution in [3.8, 4) is 11.5 Å². The maximum absolute atomic E-state index is 13.6. The Hall–Kier alpha value is -3.43. The summed E-state index contributed by atoms with van der Waals surface area (Å²) >= 11 is 0. The minimum atomic E-state index is -0.296. The van der Waals surface area contributed by atoms with E-state index in [1.807, 2.05) is 32.0 Å². The van der Waals surface area contributed by atoms with Crippen LogP contribution in [-0.2, 0) is 29.0 Å². The second kappa shape index (κ2) is 10.9. The van der Waals surface area contributed by atoms with E-state index < -0.39 is 0 Å². The van der Waals surface area contributed by atoms with Crippen LogP contribution in [-0.4, -0.2) is 60.9 Å². The summed E-state index contributed by atoms with van der Waals surface area (Å²) in [4.78, 5) is 33.8. The molecule has 2 aromatic carbocycles. The zero-order chi connectivity index (χ0) is 24.9. The van der Waals surface area contributed by atoms with Crippen LogP contribution in [0, 0.1) is 6.92 Å². The summed E-state index contributed by atoms with van der Waals surface area (Å²) in [5.74, 6) is 1.17. The second-order valence-electron chi connectivity index (χ2n) is 8.54. The van der Waals surface area contributed by atoms with Gasteiger partial charge in [0.1, 0.15) is 12.4 Å². The van der Waals surface area contributed by atoms with Crippen molar-refractivity contribution in [3.05, 3.63) is 57.6 Å². The van der Waals surface area contributed by atoms with Gasteiger partial charge in [0.2, 0.25) is 5.91 Å². The average molecular weight is 481 g/mol. The van der Waals surface area contributed by atoms with E-state index in [0.29, 0.717) is 48.0 Å². The Morgan fingerprint density at radius 1 is 1.14 bits per heavy atom. The number of rotatable bonds is 8. The highest BCUT2D eigenvalue weighted by Crippen LogP contribution is 2.30. The molecule has 1 aliphatic rings. The average Bonchev–Trinajstić information content (AvgIpc) is 2.87. The summed E-state index contributed by atoms with van der Waals surface area (Å²) < 4.78 is 17.7. The standard InChI is InChI=1S/C26H32N4O5/c1-5-18-8-6-7-17(2)25(18)28-24(31)16-30-23(15-29-9-11-35-12-10-29)27-20-14-22(34-4)21(33-3)13-19(20)26(30)32/h6-8,13-14H,5,9-12,15-16H2,1-4H3,(H,28,31). The van der Waals surface area contributed by atoms with E-state index in [9.17, 15) is 9.59 Å². The number of hydrogen-bond acceptors (Lipinski definition) is 7. The molecule has 4 rings (SSSR count). The summed E-state index contributed by atoms with van der Waals surface area (Å²) in [6.07, 6.45) is 0.790. The van der Waals surface area contributed by atoms with E-state index in [0.717, 1.165) is 36.3 Å². The minimum Gasteiger partial charge on any atom is -0.493 e. The molecule has 1 N–H and O–H groups in total. The monoisotopic (exact) mass is 480 g/mol. The van der Waals surface area contributed by atoms with E-state index in [-0.39, 0.29) is 18.0 Å². The number of morpholine rings is 1. The van der Waals surface area contributed by atoms with Gasteiger partial charge in [-0.05, 0) is 30.5 Å². The van der Waals surface area contributed by atoms with Gasteiger partial charge in [-0.2, -0.15) is 0 Å². The van der Waals surface area contributed by atoms with Gasteiger partial charge >= 0.3 is 0 Å². The fraction of sp³-hybridized carbons (Fsp3) is 0.423. The number of para-hydroxylation sites is 1. The first-order valence-corrected chi connectivity index (χ1v) is 11.8. The van der Waals surface area contributed by atoms with Crippen LogP contribution in [0.4, 0.5) is 5.69 Å². The molecular weight excluding hydrogens is 448 g/mol. The first-order valence-electron chi connectivity index (χ1n) is 11.8. The van der Waals surface area contributed by atoms with Gasteiger partial charge < -0.3 is 19.5 Å². The zero-order valence-corrected chi connectivity index (χ0v) is 20.7. The van der Waals surface area contributed by atoms with Crippen molar-refractivity contribution in [2.24, 2.45) is 0 Å². The van der Waals surface area contributed by atoms with Crippen LogP contribution in [0.15, 0.2) is 35.1 Å². The van der Waals surface area contributed by atoms with Gasteiger partial charge in [-0.3, -0.25) is 19.1 Å². The number of fused-ring (bicyclic) bond motifs is 1. The number of amides is 1. The molecule has 0 atom stereocenters. The smallest absolute Gasteiger partial charge is 0.262 e. The van der Waals surface area contributed by atoms with E-state index in [4.69, 9.17) is 19.2 Å². The summed E-state index contributed by atoms with van der Waals surface area (Å²) in [5.41, 5.74) is 3.03. The molecule has 0 aliphatic carbocycles. The summed E-state index contributed by atoms with van der Waals surface area (Å²) in [7, 11) is 3.06. The number of carbonyl (C=O) groups is 1. The molecule has 1 saturated heterocycles. The SMILES string of the molecule is CCc1cccc(C)c1NC(=O)Cn1c(CN2CCOCC2)nc2cc(OC)c(OC)cc2c1=O. The molecule has 3 aromatic rings. The van der Waals surface area contributed by atoms with Crippen molar-refractivity contribution >= 4 is 22.5 Å². The van der Waals surface area contributed by atoms with Crippen molar-refractivity contribution < 1.29 is 19.0 Å². The highest BCUT2D eigenvalue weighted by molar-refractivity contribution is 5.92. The van der Waals surface area contributed by atoms with Gasteiger partial charge in [-0.25, -0.2) is 4.98 Å². The van der Waals surface area contributed by atoms with Crippen LogP contribution in [0.3, 0.4) is 0 Å². The molecule has 9 heteroatoms. The lowest BCUT2D eigenvalue weighted by Crippen LogP contribution is -2.39. The van der Waals surface area contributed by atoms with Gasteiger partial charge in [-0.1, -0.05) is 25.1 Å². The number of methoxy groups -OCH3 is 2. The molecule has 0 bridgehead atoms. The lowest BCUT2D eigenvalue weighted by molar-refractivity contribution is -0.116. The summed E-state index contributed by atoms with van der Waals surface area (Å²) in [5, 5.41) is 3.39. The molecule has 1 aliphatic heterocycles. The summed E-state index contributed by atoms with van der Waals surface area (Å²) in [6.45, 7) is 7.00. The number of nitrogens with one attached hydrogen (secondary N) is 1. The Morgan fingerprint density at radius 3 is 2.54 bits per heavy atom. The molecule has 9 nitrogen and oxygen atoms in total. The minimum absolute atomic E-state index is 0.146. The number of nitrogens with zero attached hydrogens (tertiary/aromatic N) is 3. The highest BCUT2D eigenvalue weighted by Gasteiger charge is 2.20. The van der Waals surface area contributed by atoms with Crippen LogP contribution in [0.1, 0.15) is 23.9 Å². The molecule has 1 fully saturated rings. The van der Waals surface area contributed by atoms with Gasteiger partial charge in [0.15, 0.2) is 11.5 Å². The number of benzene rings is 2. The predicted octanol–water partition coefficient (Wildman–Crippen LogP) is 2.76. The predicted molar refractivity (Wildman–Crippen MR) is 134 cm³/mol. The van der Waals surface area contributed by atoms with Crippen LogP contribution in [0.25, 0.3) is 10.9 Å². The summed E-state index contributed by atoms with van der Waals surface area (Å²) in [6, 6.07) is 9.25. The maximum Gasteiger partial charge on any atom is 0.262 e. The number of hydrogen-bond donors (Lipinski definition) is 1. The number of carbonyl (C=O) groups excluding carboxylic acids is 1. The number of aryl methyl sites for hydroxylation is 2. The van der Waals surface area contributed by atoms with Gasteiger partial charge in [0.05, 0.1) is 44.9 Å². The lowest BCUT2D eigenvalue weighted by atomic mass is 10.1. The van der Waals surface area contributed by atoms with Crippen LogP contribution in [0.5, 0.6) is 11.5 Å². The number of ether oxygens (including phenoxy) is 3. The van der Waals surface area contributed by atoms with E-state index in [1.165, 1.54) is 11.7 Å². The van der Waals surface area contributed by atoms with Crippen molar-refractivity contribution in [2.45, 2.75) is 33.4 Å². The Kier molecular flexibility index (Phi) is 7.67. The molecule has 0 spiro atoms. The fourth-order valence-corrected chi connectivity index (χ4v) is 4.36. The molecule has 35 heavy (non-hydrogen) atoms. The largest absolute Gasteiger partial charge is 0.493 e. The van der Waals surface area contributed by atoms with Crippen molar-refractivity contribution in [1.82, 2.24) is 14.5 Å². The zero-order valence-electron chi connectivity index (χ0n) is 20.7. The molecule has 1 amide bonds. The van der Waals surface area contributed by atoms with Gasteiger partial charge in [0.25, 0.3) is 5.56 Å². The van der Waals surface area contributed by atoms with E-state index in [2.05, 4.69) is 10.2 Å². The third-order valence-corrected chi connectivity index (χ3v) is 6.31. The number of anilines is 1. The molecule has 1 aromatic heterocycles. The maximum atomic E-state index is 13.6. The van der Waals surface area contributed by atoms with Crippen LogP contribution < -0.4 is 20.3 Å². The first kappa shape index (κ1) is 24.7. The first-order chi connectivity index (χ1) is 16.9. The van der Waals surface area contributed by atoms with Crippen molar-refractivity contribution in [3.63, 3.8) is 0 Å². The van der Waals surface area contributed by atoms with Crippen LogP contribution >= 0.6 is 0 Å². The van der Waals surface area contributed by atoms with Gasteiger partial charge in [0, 0.05) is 24.8 Å². The molecule has 186 valence electrons. The quantitative estimate of drug-likeness (QED) is 0.530. The third kappa shape index (κ3) is 5.31. The molecule has 0 saturated carbocycles. The van der Waals surface area contributed by atoms with E-state index in [1.54, 1.807) is 19.2 Å². The highest BCUT2D eigenvalue weighted by atomic mass is 16.5. The number of aromatic nitrogens is 2. The van der Waals surface area contributed by atoms with Crippen LogP contribution in [0.2, 0.25) is 0 Å². The second-order valence-corrected chi connectivity index (χ2v) is 8.54. The normalized spacial score (nSPS) is 14.2. The van der Waals surface area contributed by atoms with E-state index >= 15 is 0 Å². The molecule has 0 radical (unpaired) electrons. The molecular formula is C26H32N4O5. The van der Waals surface area contributed by atoms with Crippen molar-refractivity contribution in [1.29, 1.82) is 0 Å².